The van der Waals surface area contributed by atoms with Crippen LogP contribution in [-0.4, -0.2) is 17.6 Å². The third-order valence-electron chi connectivity index (χ3n) is 1.72. The van der Waals surface area contributed by atoms with Crippen LogP contribution in [0.3, 0.4) is 0 Å². The lowest BCUT2D eigenvalue weighted by Crippen LogP contribution is -2.13. The summed E-state index contributed by atoms with van der Waals surface area (Å²) in [5, 5.41) is 8.37. The van der Waals surface area contributed by atoms with Crippen molar-refractivity contribution in [1.29, 1.82) is 0 Å². The molecule has 68 valence electrons. The Morgan fingerprint density at radius 2 is 1.82 bits per heavy atom. The van der Waals surface area contributed by atoms with E-state index in [9.17, 15) is 8.78 Å². The number of rotatable bonds is 6. The molecule has 0 saturated carbocycles. The standard InChI is InChI=1S/C8H16F2O/c1-2-8(9,10)6-4-3-5-7-11/h11H,2-7H2,1H3. The molecular weight excluding hydrogens is 150 g/mol. The fourth-order valence-corrected chi connectivity index (χ4v) is 0.849. The summed E-state index contributed by atoms with van der Waals surface area (Å²) in [7, 11) is 0. The molecule has 0 fully saturated rings. The van der Waals surface area contributed by atoms with Crippen LogP contribution in [0.4, 0.5) is 8.78 Å². The molecular formula is C8H16F2O. The van der Waals surface area contributed by atoms with E-state index in [1.165, 1.54) is 6.92 Å². The van der Waals surface area contributed by atoms with Gasteiger partial charge in [0.15, 0.2) is 0 Å². The quantitative estimate of drug-likeness (QED) is 0.601. The molecule has 0 saturated heterocycles. The molecule has 0 unspecified atom stereocenters. The Balaban J connectivity index is 3.23. The minimum atomic E-state index is -2.49. The van der Waals surface area contributed by atoms with Gasteiger partial charge in [0.25, 0.3) is 0 Å². The van der Waals surface area contributed by atoms with Crippen LogP contribution in [0, 0.1) is 0 Å². The van der Waals surface area contributed by atoms with Gasteiger partial charge in [0.2, 0.25) is 5.92 Å². The third-order valence-corrected chi connectivity index (χ3v) is 1.72. The molecule has 0 aromatic rings. The zero-order valence-corrected chi connectivity index (χ0v) is 6.95. The van der Waals surface area contributed by atoms with Crippen LogP contribution in [0.5, 0.6) is 0 Å². The molecule has 0 aromatic heterocycles. The number of hydrogen-bond donors (Lipinski definition) is 1. The summed E-state index contributed by atoms with van der Waals surface area (Å²) in [6, 6.07) is 0. The molecule has 0 rings (SSSR count). The van der Waals surface area contributed by atoms with Crippen LogP contribution in [0.25, 0.3) is 0 Å². The highest BCUT2D eigenvalue weighted by Gasteiger charge is 2.24. The van der Waals surface area contributed by atoms with Gasteiger partial charge in [-0.1, -0.05) is 13.3 Å². The minimum Gasteiger partial charge on any atom is -0.396 e. The maximum absolute atomic E-state index is 12.5. The number of alkyl halides is 2. The van der Waals surface area contributed by atoms with E-state index in [4.69, 9.17) is 5.11 Å². The lowest BCUT2D eigenvalue weighted by atomic mass is 10.1. The van der Waals surface area contributed by atoms with Gasteiger partial charge in [-0.2, -0.15) is 0 Å². The molecule has 0 aliphatic rings. The van der Waals surface area contributed by atoms with Crippen LogP contribution >= 0.6 is 0 Å². The number of aliphatic hydroxyl groups excluding tert-OH is 1. The first-order valence-electron chi connectivity index (χ1n) is 4.11. The summed E-state index contributed by atoms with van der Waals surface area (Å²) in [4.78, 5) is 0. The molecule has 0 radical (unpaired) electrons. The van der Waals surface area contributed by atoms with Gasteiger partial charge in [0.05, 0.1) is 0 Å². The van der Waals surface area contributed by atoms with Crippen molar-refractivity contribution in [2.75, 3.05) is 6.61 Å². The van der Waals surface area contributed by atoms with E-state index in [2.05, 4.69) is 0 Å². The molecule has 0 aromatic carbocycles. The lowest BCUT2D eigenvalue weighted by molar-refractivity contribution is -0.0139. The van der Waals surface area contributed by atoms with Gasteiger partial charge in [-0.15, -0.1) is 0 Å². The van der Waals surface area contributed by atoms with Gasteiger partial charge >= 0.3 is 0 Å². The number of unbranched alkanes of at least 4 members (excludes halogenated alkanes) is 2. The fourth-order valence-electron chi connectivity index (χ4n) is 0.849. The predicted molar refractivity (Wildman–Crippen MR) is 40.8 cm³/mol. The normalized spacial score (nSPS) is 12.0. The first-order chi connectivity index (χ1) is 5.12. The molecule has 3 heteroatoms. The second kappa shape index (κ2) is 5.47. The Bertz CT molecular complexity index is 94.1. The summed E-state index contributed by atoms with van der Waals surface area (Å²) in [6.07, 6.45) is 1.74. The molecule has 0 atom stereocenters. The number of aliphatic hydroxyl groups is 1. The first kappa shape index (κ1) is 10.8. The molecule has 0 spiro atoms. The first-order valence-corrected chi connectivity index (χ1v) is 4.11. The largest absolute Gasteiger partial charge is 0.396 e. The summed E-state index contributed by atoms with van der Waals surface area (Å²) >= 11 is 0. The van der Waals surface area contributed by atoms with Crippen molar-refractivity contribution < 1.29 is 13.9 Å². The SMILES string of the molecule is CCC(F)(F)CCCCCO. The van der Waals surface area contributed by atoms with Crippen molar-refractivity contribution in [1.82, 2.24) is 0 Å². The molecule has 0 heterocycles. The van der Waals surface area contributed by atoms with Gasteiger partial charge in [-0.3, -0.25) is 0 Å². The second-order valence-electron chi connectivity index (χ2n) is 2.74. The molecule has 11 heavy (non-hydrogen) atoms. The second-order valence-corrected chi connectivity index (χ2v) is 2.74. The van der Waals surface area contributed by atoms with E-state index in [1.807, 2.05) is 0 Å². The van der Waals surface area contributed by atoms with Crippen molar-refractivity contribution in [2.24, 2.45) is 0 Å². The Labute approximate surface area is 66.4 Å². The predicted octanol–water partition coefficient (Wildman–Crippen LogP) is 2.58. The average Bonchev–Trinajstić information content (AvgIpc) is 1.99. The zero-order chi connectivity index (χ0) is 8.74. The topological polar surface area (TPSA) is 20.2 Å². The summed E-state index contributed by atoms with van der Waals surface area (Å²) in [5.41, 5.74) is 0. The van der Waals surface area contributed by atoms with Gasteiger partial charge in [-0.05, 0) is 12.8 Å². The number of halogens is 2. The number of hydrogen-bond acceptors (Lipinski definition) is 1. The van der Waals surface area contributed by atoms with Gasteiger partial charge < -0.3 is 5.11 Å². The maximum Gasteiger partial charge on any atom is 0.247 e. The van der Waals surface area contributed by atoms with E-state index >= 15 is 0 Å². The van der Waals surface area contributed by atoms with Crippen molar-refractivity contribution in [2.45, 2.75) is 45.0 Å². The summed E-state index contributed by atoms with van der Waals surface area (Å²) in [6.45, 7) is 1.60. The van der Waals surface area contributed by atoms with Crippen LogP contribution in [-0.2, 0) is 0 Å². The fraction of sp³-hybridized carbons (Fsp3) is 1.00. The Morgan fingerprint density at radius 1 is 1.18 bits per heavy atom. The van der Waals surface area contributed by atoms with E-state index in [-0.39, 0.29) is 19.4 Å². The highest BCUT2D eigenvalue weighted by atomic mass is 19.3. The Kier molecular flexibility index (Phi) is 5.38. The molecule has 0 aliphatic carbocycles. The maximum atomic E-state index is 12.5. The average molecular weight is 166 g/mol. The van der Waals surface area contributed by atoms with Gasteiger partial charge in [0, 0.05) is 19.4 Å². The Morgan fingerprint density at radius 3 is 2.27 bits per heavy atom. The van der Waals surface area contributed by atoms with Gasteiger partial charge in [-0.25, -0.2) is 8.78 Å². The van der Waals surface area contributed by atoms with E-state index in [0.717, 1.165) is 0 Å². The molecule has 0 bridgehead atoms. The van der Waals surface area contributed by atoms with E-state index in [1.54, 1.807) is 0 Å². The zero-order valence-electron chi connectivity index (χ0n) is 6.95. The van der Waals surface area contributed by atoms with Crippen LogP contribution < -0.4 is 0 Å². The van der Waals surface area contributed by atoms with Crippen molar-refractivity contribution in [3.63, 3.8) is 0 Å². The van der Waals surface area contributed by atoms with Crippen molar-refractivity contribution >= 4 is 0 Å². The molecule has 1 N–H and O–H groups in total. The summed E-state index contributed by atoms with van der Waals surface area (Å²) < 4.78 is 25.0. The molecule has 1 nitrogen and oxygen atoms in total. The molecule has 0 amide bonds. The van der Waals surface area contributed by atoms with Crippen LogP contribution in [0.2, 0.25) is 0 Å². The van der Waals surface area contributed by atoms with Crippen LogP contribution in [0.15, 0.2) is 0 Å². The van der Waals surface area contributed by atoms with E-state index in [0.29, 0.717) is 19.3 Å². The smallest absolute Gasteiger partial charge is 0.247 e. The monoisotopic (exact) mass is 166 g/mol. The highest BCUT2D eigenvalue weighted by molar-refractivity contribution is 4.62. The van der Waals surface area contributed by atoms with E-state index < -0.39 is 5.92 Å². The highest BCUT2D eigenvalue weighted by Crippen LogP contribution is 2.24. The lowest BCUT2D eigenvalue weighted by Gasteiger charge is -2.12. The Hall–Kier alpha value is -0.180. The van der Waals surface area contributed by atoms with Crippen molar-refractivity contribution in [3.8, 4) is 0 Å². The minimum absolute atomic E-state index is 0.0382. The third kappa shape index (κ3) is 6.23. The summed E-state index contributed by atoms with van der Waals surface area (Å²) in [5.74, 6) is -2.49. The van der Waals surface area contributed by atoms with Crippen molar-refractivity contribution in [3.05, 3.63) is 0 Å². The van der Waals surface area contributed by atoms with Crippen LogP contribution in [0.1, 0.15) is 39.0 Å². The molecule has 0 aliphatic heterocycles. The van der Waals surface area contributed by atoms with Gasteiger partial charge in [0.1, 0.15) is 0 Å².